The summed E-state index contributed by atoms with van der Waals surface area (Å²) in [6, 6.07) is 5.12. The molecule has 5 nitrogen and oxygen atoms in total. The summed E-state index contributed by atoms with van der Waals surface area (Å²) < 4.78 is 0. The molecular weight excluding hydrogens is 270 g/mol. The average molecular weight is 287 g/mol. The number of imide groups is 1. The first-order chi connectivity index (χ1) is 9.82. The zero-order valence-electron chi connectivity index (χ0n) is 12.2. The number of rotatable bonds is 3. The molecule has 1 N–H and O–H groups in total. The number of benzene rings is 1. The SMILES string of the molecule is Cc1cc(/C=C/C(=O)O)ccc1N1C(=O)C(C)C(C)C1=O. The van der Waals surface area contributed by atoms with Crippen LogP contribution in [0.25, 0.3) is 6.08 Å². The summed E-state index contributed by atoms with van der Waals surface area (Å²) in [6.07, 6.45) is 2.52. The lowest BCUT2D eigenvalue weighted by Crippen LogP contribution is -2.31. The van der Waals surface area contributed by atoms with E-state index in [0.717, 1.165) is 11.6 Å². The van der Waals surface area contributed by atoms with Crippen LogP contribution in [0.1, 0.15) is 25.0 Å². The third kappa shape index (κ3) is 2.72. The summed E-state index contributed by atoms with van der Waals surface area (Å²) in [4.78, 5) is 36.1. The van der Waals surface area contributed by atoms with Crippen LogP contribution in [0.2, 0.25) is 0 Å². The largest absolute Gasteiger partial charge is 0.478 e. The Morgan fingerprint density at radius 2 is 1.76 bits per heavy atom. The summed E-state index contributed by atoms with van der Waals surface area (Å²) in [5.74, 6) is -2.04. The fraction of sp³-hybridized carbons (Fsp3) is 0.312. The molecule has 5 heteroatoms. The Kier molecular flexibility index (Phi) is 3.93. The number of carbonyl (C=O) groups is 3. The molecule has 1 aromatic rings. The van der Waals surface area contributed by atoms with Crippen molar-refractivity contribution in [2.45, 2.75) is 20.8 Å². The minimum atomic E-state index is -1.02. The van der Waals surface area contributed by atoms with Gasteiger partial charge in [0.05, 0.1) is 5.69 Å². The molecule has 2 amide bonds. The number of aryl methyl sites for hydroxylation is 1. The second kappa shape index (κ2) is 5.52. The van der Waals surface area contributed by atoms with Crippen molar-refractivity contribution in [2.24, 2.45) is 11.8 Å². The van der Waals surface area contributed by atoms with Gasteiger partial charge in [0.2, 0.25) is 11.8 Å². The molecule has 1 heterocycles. The van der Waals surface area contributed by atoms with Crippen LogP contribution in [-0.2, 0) is 14.4 Å². The predicted molar refractivity (Wildman–Crippen MR) is 78.7 cm³/mol. The van der Waals surface area contributed by atoms with Crippen molar-refractivity contribution < 1.29 is 19.5 Å². The van der Waals surface area contributed by atoms with Crippen molar-refractivity contribution in [2.75, 3.05) is 4.90 Å². The minimum Gasteiger partial charge on any atom is -0.478 e. The van der Waals surface area contributed by atoms with Crippen LogP contribution in [0.5, 0.6) is 0 Å². The van der Waals surface area contributed by atoms with E-state index in [4.69, 9.17) is 5.11 Å². The van der Waals surface area contributed by atoms with Crippen LogP contribution in [0.3, 0.4) is 0 Å². The van der Waals surface area contributed by atoms with Gasteiger partial charge in [-0.15, -0.1) is 0 Å². The smallest absolute Gasteiger partial charge is 0.328 e. The molecule has 1 aliphatic rings. The van der Waals surface area contributed by atoms with Gasteiger partial charge in [0.1, 0.15) is 0 Å². The van der Waals surface area contributed by atoms with Gasteiger partial charge in [0.15, 0.2) is 0 Å². The van der Waals surface area contributed by atoms with Crippen molar-refractivity contribution in [3.8, 4) is 0 Å². The van der Waals surface area contributed by atoms with Gasteiger partial charge < -0.3 is 5.11 Å². The fourth-order valence-electron chi connectivity index (χ4n) is 2.38. The van der Waals surface area contributed by atoms with Crippen molar-refractivity contribution in [3.05, 3.63) is 35.4 Å². The second-order valence-corrected chi connectivity index (χ2v) is 5.31. The molecule has 110 valence electrons. The number of hydrogen-bond donors (Lipinski definition) is 1. The van der Waals surface area contributed by atoms with Gasteiger partial charge in [0.25, 0.3) is 0 Å². The van der Waals surface area contributed by atoms with Crippen LogP contribution in [0.15, 0.2) is 24.3 Å². The van der Waals surface area contributed by atoms with E-state index < -0.39 is 5.97 Å². The van der Waals surface area contributed by atoms with Gasteiger partial charge in [-0.25, -0.2) is 9.69 Å². The molecule has 1 aliphatic heterocycles. The molecule has 1 fully saturated rings. The van der Waals surface area contributed by atoms with Crippen LogP contribution >= 0.6 is 0 Å². The number of carboxylic acid groups (broad SMARTS) is 1. The summed E-state index contributed by atoms with van der Waals surface area (Å²) >= 11 is 0. The standard InChI is InChI=1S/C16H17NO4/c1-9-8-12(5-7-14(18)19)4-6-13(9)17-15(20)10(2)11(3)16(17)21/h4-8,10-11H,1-3H3,(H,18,19)/b7-5+. The quantitative estimate of drug-likeness (QED) is 0.683. The summed E-state index contributed by atoms with van der Waals surface area (Å²) in [5, 5.41) is 8.61. The average Bonchev–Trinajstić information content (AvgIpc) is 2.62. The Morgan fingerprint density at radius 3 is 2.24 bits per heavy atom. The molecule has 2 rings (SSSR count). The molecular formula is C16H17NO4. The van der Waals surface area contributed by atoms with Crippen molar-refractivity contribution in [1.82, 2.24) is 0 Å². The van der Waals surface area contributed by atoms with E-state index in [1.807, 2.05) is 0 Å². The minimum absolute atomic E-state index is 0.190. The number of hydrogen-bond acceptors (Lipinski definition) is 3. The van der Waals surface area contributed by atoms with E-state index in [9.17, 15) is 14.4 Å². The second-order valence-electron chi connectivity index (χ2n) is 5.31. The van der Waals surface area contributed by atoms with Gasteiger partial charge in [-0.1, -0.05) is 19.9 Å². The van der Waals surface area contributed by atoms with Gasteiger partial charge in [0, 0.05) is 17.9 Å². The van der Waals surface area contributed by atoms with Crippen molar-refractivity contribution in [1.29, 1.82) is 0 Å². The maximum atomic E-state index is 12.2. The van der Waals surface area contributed by atoms with E-state index in [2.05, 4.69) is 0 Å². The predicted octanol–water partition coefficient (Wildman–Crippen LogP) is 2.24. The van der Waals surface area contributed by atoms with Gasteiger partial charge >= 0.3 is 5.97 Å². The number of aliphatic carboxylic acids is 1. The normalized spacial score (nSPS) is 22.3. The Hall–Kier alpha value is -2.43. The Morgan fingerprint density at radius 1 is 1.19 bits per heavy atom. The zero-order chi connectivity index (χ0) is 15.7. The molecule has 0 radical (unpaired) electrons. The highest BCUT2D eigenvalue weighted by molar-refractivity contribution is 6.22. The van der Waals surface area contributed by atoms with E-state index >= 15 is 0 Å². The van der Waals surface area contributed by atoms with E-state index in [0.29, 0.717) is 11.3 Å². The lowest BCUT2D eigenvalue weighted by molar-refractivity contribution is -0.131. The molecule has 0 spiro atoms. The molecule has 0 aliphatic carbocycles. The molecule has 0 bridgehead atoms. The molecule has 2 unspecified atom stereocenters. The fourth-order valence-corrected chi connectivity index (χ4v) is 2.38. The molecule has 0 aromatic heterocycles. The summed E-state index contributed by atoms with van der Waals surface area (Å²) in [6.45, 7) is 5.30. The Labute approximate surface area is 122 Å². The van der Waals surface area contributed by atoms with E-state index in [1.165, 1.54) is 11.0 Å². The van der Waals surface area contributed by atoms with E-state index in [-0.39, 0.29) is 23.7 Å². The summed E-state index contributed by atoms with van der Waals surface area (Å²) in [7, 11) is 0. The highest BCUT2D eigenvalue weighted by Crippen LogP contribution is 2.32. The lowest BCUT2D eigenvalue weighted by Gasteiger charge is -2.17. The maximum absolute atomic E-state index is 12.2. The number of carbonyl (C=O) groups excluding carboxylic acids is 2. The molecule has 1 aromatic carbocycles. The first kappa shape index (κ1) is 15.0. The third-order valence-electron chi connectivity index (χ3n) is 3.85. The maximum Gasteiger partial charge on any atom is 0.328 e. The Balaban J connectivity index is 2.36. The van der Waals surface area contributed by atoms with Crippen LogP contribution in [-0.4, -0.2) is 22.9 Å². The zero-order valence-corrected chi connectivity index (χ0v) is 12.2. The van der Waals surface area contributed by atoms with Crippen molar-refractivity contribution in [3.63, 3.8) is 0 Å². The lowest BCUT2D eigenvalue weighted by atomic mass is 10.00. The first-order valence-corrected chi connectivity index (χ1v) is 6.72. The van der Waals surface area contributed by atoms with Crippen LogP contribution in [0, 0.1) is 18.8 Å². The van der Waals surface area contributed by atoms with Gasteiger partial charge in [-0.05, 0) is 36.3 Å². The molecule has 1 saturated heterocycles. The number of nitrogens with zero attached hydrogens (tertiary/aromatic N) is 1. The number of amides is 2. The topological polar surface area (TPSA) is 74.7 Å². The molecule has 0 saturated carbocycles. The molecule has 21 heavy (non-hydrogen) atoms. The van der Waals surface area contributed by atoms with Crippen LogP contribution in [0.4, 0.5) is 5.69 Å². The molecule has 2 atom stereocenters. The first-order valence-electron chi connectivity index (χ1n) is 6.72. The summed E-state index contributed by atoms with van der Waals surface area (Å²) in [5.41, 5.74) is 2.03. The number of carboxylic acids is 1. The van der Waals surface area contributed by atoms with E-state index in [1.54, 1.807) is 39.0 Å². The van der Waals surface area contributed by atoms with Gasteiger partial charge in [-0.3, -0.25) is 9.59 Å². The third-order valence-corrected chi connectivity index (χ3v) is 3.85. The van der Waals surface area contributed by atoms with Gasteiger partial charge in [-0.2, -0.15) is 0 Å². The monoisotopic (exact) mass is 287 g/mol. The highest BCUT2D eigenvalue weighted by Gasteiger charge is 2.43. The number of anilines is 1. The Bertz CT molecular complexity index is 628. The van der Waals surface area contributed by atoms with Crippen LogP contribution < -0.4 is 4.90 Å². The highest BCUT2D eigenvalue weighted by atomic mass is 16.4. The van der Waals surface area contributed by atoms with Crippen molar-refractivity contribution >= 4 is 29.5 Å².